The van der Waals surface area contributed by atoms with Crippen molar-refractivity contribution in [2.45, 2.75) is 78.9 Å². The molecule has 2 nitrogen and oxygen atoms in total. The van der Waals surface area contributed by atoms with E-state index in [-0.39, 0.29) is 5.41 Å². The first-order chi connectivity index (χ1) is 8.52. The Morgan fingerprint density at radius 1 is 0.947 bits per heavy atom. The molecule has 0 radical (unpaired) electrons. The first kappa shape index (κ1) is 19.1. The van der Waals surface area contributed by atoms with Crippen molar-refractivity contribution < 1.29 is 9.16 Å². The highest BCUT2D eigenvalue weighted by Crippen LogP contribution is 2.37. The van der Waals surface area contributed by atoms with Gasteiger partial charge >= 0.3 is 0 Å². The monoisotopic (exact) mass is 288 g/mol. The molecule has 0 fully saturated rings. The van der Waals surface area contributed by atoms with Crippen molar-refractivity contribution in [2.24, 2.45) is 5.41 Å². The van der Waals surface area contributed by atoms with Crippen molar-refractivity contribution in [1.82, 2.24) is 0 Å². The fraction of sp³-hybridized carbons (Fsp3) is 1.00. The van der Waals surface area contributed by atoms with Crippen LogP contribution in [-0.4, -0.2) is 28.1 Å². The van der Waals surface area contributed by atoms with Crippen molar-refractivity contribution in [2.75, 3.05) is 19.8 Å². The van der Waals surface area contributed by atoms with Crippen LogP contribution in [0.5, 0.6) is 0 Å². The van der Waals surface area contributed by atoms with E-state index in [2.05, 4.69) is 54.6 Å². The molecule has 3 heteroatoms. The highest BCUT2D eigenvalue weighted by molar-refractivity contribution is 6.74. The normalized spacial score (nSPS) is 13.9. The second-order valence-electron chi connectivity index (χ2n) is 7.93. The topological polar surface area (TPSA) is 18.5 Å². The van der Waals surface area contributed by atoms with E-state index in [1.54, 1.807) is 0 Å². The molecule has 116 valence electrons. The van der Waals surface area contributed by atoms with Gasteiger partial charge in [-0.2, -0.15) is 0 Å². The standard InChI is InChI=1S/C16H36O2Si/c1-9-10-12-17-13-11-16(5,6)14-18-19(7,8)15(2,3)4/h9-14H2,1-8H3. The van der Waals surface area contributed by atoms with Gasteiger partial charge in [0.1, 0.15) is 0 Å². The highest BCUT2D eigenvalue weighted by atomic mass is 28.4. The van der Waals surface area contributed by atoms with Gasteiger partial charge in [-0.05, 0) is 36.4 Å². The van der Waals surface area contributed by atoms with Crippen LogP contribution in [0.15, 0.2) is 0 Å². The van der Waals surface area contributed by atoms with Crippen LogP contribution in [0.1, 0.15) is 60.8 Å². The summed E-state index contributed by atoms with van der Waals surface area (Å²) in [7, 11) is -1.62. The number of unbranched alkanes of at least 4 members (excludes halogenated alkanes) is 1. The van der Waals surface area contributed by atoms with Crippen LogP contribution in [-0.2, 0) is 9.16 Å². The number of rotatable bonds is 9. The number of hydrogen-bond donors (Lipinski definition) is 0. The van der Waals surface area contributed by atoms with Crippen molar-refractivity contribution in [3.05, 3.63) is 0 Å². The van der Waals surface area contributed by atoms with Gasteiger partial charge in [0.05, 0.1) is 0 Å². The van der Waals surface area contributed by atoms with E-state index in [0.717, 1.165) is 26.2 Å². The van der Waals surface area contributed by atoms with E-state index in [9.17, 15) is 0 Å². The van der Waals surface area contributed by atoms with Gasteiger partial charge in [-0.15, -0.1) is 0 Å². The molecule has 0 aliphatic carbocycles. The molecule has 0 aromatic rings. The molecule has 0 saturated carbocycles. The molecule has 0 N–H and O–H groups in total. The Hall–Kier alpha value is 0.137. The number of ether oxygens (including phenoxy) is 1. The molecule has 0 spiro atoms. The largest absolute Gasteiger partial charge is 0.416 e. The number of hydrogen-bond acceptors (Lipinski definition) is 2. The van der Waals surface area contributed by atoms with Gasteiger partial charge in [-0.1, -0.05) is 48.0 Å². The molecule has 0 bridgehead atoms. The van der Waals surface area contributed by atoms with Crippen LogP contribution >= 0.6 is 0 Å². The van der Waals surface area contributed by atoms with Crippen LogP contribution in [0.2, 0.25) is 18.1 Å². The summed E-state index contributed by atoms with van der Waals surface area (Å²) < 4.78 is 12.0. The van der Waals surface area contributed by atoms with E-state index in [1.165, 1.54) is 12.8 Å². The van der Waals surface area contributed by atoms with Gasteiger partial charge in [0.25, 0.3) is 0 Å². The smallest absolute Gasteiger partial charge is 0.192 e. The van der Waals surface area contributed by atoms with Crippen LogP contribution in [0, 0.1) is 5.41 Å². The maximum atomic E-state index is 6.32. The quantitative estimate of drug-likeness (QED) is 0.426. The van der Waals surface area contributed by atoms with Crippen molar-refractivity contribution >= 4 is 8.32 Å². The maximum Gasteiger partial charge on any atom is 0.192 e. The molecular weight excluding hydrogens is 252 g/mol. The fourth-order valence-corrected chi connectivity index (χ4v) is 2.55. The summed E-state index contributed by atoms with van der Waals surface area (Å²) in [6.45, 7) is 20.9. The lowest BCUT2D eigenvalue weighted by Crippen LogP contribution is -2.43. The molecule has 0 amide bonds. The van der Waals surface area contributed by atoms with Crippen LogP contribution in [0.25, 0.3) is 0 Å². The van der Waals surface area contributed by atoms with E-state index in [0.29, 0.717) is 5.04 Å². The van der Waals surface area contributed by atoms with Crippen molar-refractivity contribution in [3.63, 3.8) is 0 Å². The van der Waals surface area contributed by atoms with Crippen LogP contribution < -0.4 is 0 Å². The Kier molecular flexibility index (Phi) is 7.85. The van der Waals surface area contributed by atoms with Crippen LogP contribution in [0.4, 0.5) is 0 Å². The second-order valence-corrected chi connectivity index (χ2v) is 12.7. The molecule has 0 saturated heterocycles. The molecule has 0 aromatic carbocycles. The third-order valence-electron chi connectivity index (χ3n) is 4.20. The Bertz CT molecular complexity index is 242. The van der Waals surface area contributed by atoms with Gasteiger partial charge in [0.2, 0.25) is 0 Å². The first-order valence-electron chi connectivity index (χ1n) is 7.73. The fourth-order valence-electron chi connectivity index (χ4n) is 1.36. The zero-order valence-electron chi connectivity index (χ0n) is 14.6. The Morgan fingerprint density at radius 3 is 2.00 bits per heavy atom. The van der Waals surface area contributed by atoms with E-state index in [4.69, 9.17) is 9.16 Å². The van der Waals surface area contributed by atoms with Crippen molar-refractivity contribution in [1.29, 1.82) is 0 Å². The van der Waals surface area contributed by atoms with Gasteiger partial charge in [-0.3, -0.25) is 0 Å². The average Bonchev–Trinajstić information content (AvgIpc) is 2.25. The lowest BCUT2D eigenvalue weighted by atomic mass is 9.91. The summed E-state index contributed by atoms with van der Waals surface area (Å²) >= 11 is 0. The SMILES string of the molecule is CCCCOCCC(C)(C)CO[Si](C)(C)C(C)(C)C. The van der Waals surface area contributed by atoms with Gasteiger partial charge < -0.3 is 9.16 Å². The van der Waals surface area contributed by atoms with Gasteiger partial charge in [0.15, 0.2) is 8.32 Å². The molecule has 0 aliphatic rings. The minimum atomic E-state index is -1.62. The Labute approximate surface area is 122 Å². The summed E-state index contributed by atoms with van der Waals surface area (Å²) in [6, 6.07) is 0. The zero-order valence-corrected chi connectivity index (χ0v) is 15.6. The molecule has 0 atom stereocenters. The van der Waals surface area contributed by atoms with Crippen molar-refractivity contribution in [3.8, 4) is 0 Å². The van der Waals surface area contributed by atoms with E-state index >= 15 is 0 Å². The van der Waals surface area contributed by atoms with E-state index in [1.807, 2.05) is 0 Å². The molecular formula is C16H36O2Si. The predicted octanol–water partition coefficient (Wildman–Crippen LogP) is 5.24. The predicted molar refractivity (Wildman–Crippen MR) is 87.3 cm³/mol. The summed E-state index contributed by atoms with van der Waals surface area (Å²) in [5, 5.41) is 0.292. The van der Waals surface area contributed by atoms with Crippen LogP contribution in [0.3, 0.4) is 0 Å². The van der Waals surface area contributed by atoms with Gasteiger partial charge in [-0.25, -0.2) is 0 Å². The van der Waals surface area contributed by atoms with E-state index < -0.39 is 8.32 Å². The lowest BCUT2D eigenvalue weighted by Gasteiger charge is -2.39. The molecule has 0 unspecified atom stereocenters. The lowest BCUT2D eigenvalue weighted by molar-refractivity contribution is 0.0773. The minimum Gasteiger partial charge on any atom is -0.416 e. The summed E-state index contributed by atoms with van der Waals surface area (Å²) in [6.07, 6.45) is 3.45. The highest BCUT2D eigenvalue weighted by Gasteiger charge is 2.38. The minimum absolute atomic E-state index is 0.210. The summed E-state index contributed by atoms with van der Waals surface area (Å²) in [4.78, 5) is 0. The second kappa shape index (κ2) is 7.80. The average molecular weight is 289 g/mol. The summed E-state index contributed by atoms with van der Waals surface area (Å²) in [5.74, 6) is 0. The molecule has 0 heterocycles. The molecule has 19 heavy (non-hydrogen) atoms. The zero-order chi connectivity index (χ0) is 15.2. The Morgan fingerprint density at radius 2 is 1.53 bits per heavy atom. The third kappa shape index (κ3) is 8.11. The molecule has 0 aliphatic heterocycles. The molecule has 0 rings (SSSR count). The maximum absolute atomic E-state index is 6.32. The third-order valence-corrected chi connectivity index (χ3v) is 8.67. The molecule has 0 aromatic heterocycles. The Balaban J connectivity index is 4.03. The summed E-state index contributed by atoms with van der Waals surface area (Å²) in [5.41, 5.74) is 0.210. The van der Waals surface area contributed by atoms with Gasteiger partial charge in [0, 0.05) is 19.8 Å². The first-order valence-corrected chi connectivity index (χ1v) is 10.6.